The first-order valence-corrected chi connectivity index (χ1v) is 15.3. The Hall–Kier alpha value is -3.91. The number of ether oxygens (including phenoxy) is 7. The van der Waals surface area contributed by atoms with Crippen LogP contribution in [-0.2, 0) is 66.8 Å². The summed E-state index contributed by atoms with van der Waals surface area (Å²) in [7, 11) is 1.35. The zero-order chi connectivity index (χ0) is 34.1. The van der Waals surface area contributed by atoms with E-state index in [1.165, 1.54) is 7.11 Å². The van der Waals surface area contributed by atoms with E-state index in [0.29, 0.717) is 55.4 Å². The number of carbonyl (C=O) groups excluding carboxylic acids is 7. The van der Waals surface area contributed by atoms with Crippen molar-refractivity contribution in [1.82, 2.24) is 15.0 Å². The lowest BCUT2D eigenvalue weighted by molar-refractivity contribution is -0.264. The van der Waals surface area contributed by atoms with Crippen LogP contribution in [0.1, 0.15) is 51.4 Å². The fourth-order valence-corrected chi connectivity index (χ4v) is 4.66. The minimum Gasteiger partial charge on any atom is -0.469 e. The molecule has 0 radical (unpaired) electrons. The summed E-state index contributed by atoms with van der Waals surface area (Å²) in [5.41, 5.74) is 0. The van der Waals surface area contributed by atoms with Crippen LogP contribution < -0.4 is 0 Å². The average Bonchev–Trinajstić information content (AvgIpc) is 3.55. The average molecular weight is 676 g/mol. The minimum absolute atomic E-state index is 0.0102. The van der Waals surface area contributed by atoms with E-state index in [-0.39, 0.29) is 84.5 Å². The number of rotatable bonds is 20. The Morgan fingerprint density at radius 1 is 0.638 bits per heavy atom. The molecule has 3 aliphatic rings. The summed E-state index contributed by atoms with van der Waals surface area (Å²) in [4.78, 5) is 92.2. The smallest absolute Gasteiger partial charge is 0.469 e. The van der Waals surface area contributed by atoms with E-state index >= 15 is 0 Å². The van der Waals surface area contributed by atoms with Crippen molar-refractivity contribution >= 4 is 41.9 Å². The molecule has 0 aromatic carbocycles. The second-order valence-electron chi connectivity index (χ2n) is 10.4. The Kier molecular flexibility index (Phi) is 15.7. The Morgan fingerprint density at radius 3 is 1.49 bits per heavy atom. The summed E-state index contributed by atoms with van der Waals surface area (Å²) in [6, 6.07) is 0. The number of hydrogen-bond donors (Lipinski definition) is 0. The molecule has 3 aliphatic heterocycles. The van der Waals surface area contributed by atoms with Gasteiger partial charge < -0.3 is 38.1 Å². The monoisotopic (exact) mass is 675 g/mol. The van der Waals surface area contributed by atoms with Crippen LogP contribution in [0.2, 0.25) is 0 Å². The van der Waals surface area contributed by atoms with Gasteiger partial charge in [-0.2, -0.15) is 0 Å². The highest BCUT2D eigenvalue weighted by Crippen LogP contribution is 2.28. The quantitative estimate of drug-likeness (QED) is 0.0555. The van der Waals surface area contributed by atoms with Gasteiger partial charge in [-0.1, -0.05) is 10.1 Å². The first kappa shape index (κ1) is 37.5. The van der Waals surface area contributed by atoms with E-state index in [2.05, 4.69) is 19.3 Å². The summed E-state index contributed by atoms with van der Waals surface area (Å²) in [5, 5.41) is 0.778. The molecule has 19 heteroatoms. The van der Waals surface area contributed by atoms with Crippen LogP contribution in [0, 0.1) is 0 Å². The molecule has 3 heterocycles. The normalized spacial score (nSPS) is 18.1. The summed E-state index contributed by atoms with van der Waals surface area (Å²) in [5.74, 6) is -3.65. The maximum absolute atomic E-state index is 11.7. The predicted molar refractivity (Wildman–Crippen MR) is 150 cm³/mol. The van der Waals surface area contributed by atoms with E-state index in [9.17, 15) is 33.6 Å². The molecule has 0 saturated carbocycles. The first-order valence-electron chi connectivity index (χ1n) is 15.3. The van der Waals surface area contributed by atoms with Crippen molar-refractivity contribution in [1.29, 1.82) is 0 Å². The van der Waals surface area contributed by atoms with Crippen molar-refractivity contribution in [2.75, 3.05) is 79.6 Å². The highest BCUT2D eigenvalue weighted by atomic mass is 16.8. The third kappa shape index (κ3) is 13.0. The van der Waals surface area contributed by atoms with Gasteiger partial charge in [-0.15, -0.1) is 0 Å². The number of imide groups is 2. The number of amides is 4. The number of esters is 1. The van der Waals surface area contributed by atoms with Gasteiger partial charge in [0.15, 0.2) is 5.79 Å². The molecule has 264 valence electrons. The van der Waals surface area contributed by atoms with Crippen LogP contribution in [0.5, 0.6) is 0 Å². The van der Waals surface area contributed by atoms with Crippen molar-refractivity contribution in [3.05, 3.63) is 0 Å². The minimum atomic E-state index is -1.19. The number of methoxy groups -OCH3 is 1. The van der Waals surface area contributed by atoms with Crippen LogP contribution in [-0.4, -0.2) is 142 Å². The van der Waals surface area contributed by atoms with Crippen molar-refractivity contribution in [3.63, 3.8) is 0 Å². The Balaban J connectivity index is 1.32. The number of nitrogens with zero attached hydrogens (tertiary/aromatic N) is 3. The molecule has 0 aromatic rings. The van der Waals surface area contributed by atoms with Gasteiger partial charge in [0.1, 0.15) is 13.2 Å². The number of hydroxylamine groups is 4. The maximum Gasteiger partial charge on any atom is 0.534 e. The van der Waals surface area contributed by atoms with Crippen molar-refractivity contribution in [3.8, 4) is 0 Å². The standard InChI is InChI=1S/C28H41N3O16/c1-39-25(36)3-2-10-29-11-8-28(9-12-29,44-19-15-40-13-17-42-26(37)46-30-21(32)4-5-22(30)33)45-20-16-41-14-18-43-27(38)47-31-23(34)6-7-24(31)35/h2-20H2,1H3. The fraction of sp³-hybridized carbons (Fsp3) is 0.750. The number of carbonyl (C=O) groups is 7. The molecule has 19 nitrogen and oxygen atoms in total. The summed E-state index contributed by atoms with van der Waals surface area (Å²) >= 11 is 0. The highest BCUT2D eigenvalue weighted by Gasteiger charge is 2.37. The number of hydrogen-bond acceptors (Lipinski definition) is 17. The molecule has 0 atom stereocenters. The van der Waals surface area contributed by atoms with Crippen LogP contribution in [0.25, 0.3) is 0 Å². The molecule has 0 spiro atoms. The van der Waals surface area contributed by atoms with E-state index in [0.717, 1.165) is 0 Å². The zero-order valence-electron chi connectivity index (χ0n) is 26.3. The van der Waals surface area contributed by atoms with Gasteiger partial charge in [-0.05, 0) is 13.0 Å². The molecule has 0 N–H and O–H groups in total. The molecule has 4 amide bonds. The topological polar surface area (TPSA) is 212 Å². The molecule has 47 heavy (non-hydrogen) atoms. The van der Waals surface area contributed by atoms with E-state index in [1.807, 2.05) is 0 Å². The molecular weight excluding hydrogens is 634 g/mol. The lowest BCUT2D eigenvalue weighted by Gasteiger charge is -2.41. The number of likely N-dealkylation sites (tertiary alicyclic amines) is 1. The van der Waals surface area contributed by atoms with Crippen molar-refractivity contribution in [2.24, 2.45) is 0 Å². The van der Waals surface area contributed by atoms with Gasteiger partial charge >= 0.3 is 18.3 Å². The lowest BCUT2D eigenvalue weighted by atomic mass is 10.0. The van der Waals surface area contributed by atoms with Gasteiger partial charge in [0.25, 0.3) is 23.6 Å². The molecule has 0 bridgehead atoms. The molecule has 3 rings (SSSR count). The van der Waals surface area contributed by atoms with Gasteiger partial charge in [0.2, 0.25) is 0 Å². The summed E-state index contributed by atoms with van der Waals surface area (Å²) in [6.07, 6.45) is -0.453. The van der Waals surface area contributed by atoms with Gasteiger partial charge in [0.05, 0.1) is 46.8 Å². The molecule has 0 unspecified atom stereocenters. The van der Waals surface area contributed by atoms with Crippen molar-refractivity contribution < 1.29 is 76.4 Å². The molecular formula is C28H41N3O16. The van der Waals surface area contributed by atoms with Crippen LogP contribution in [0.15, 0.2) is 0 Å². The first-order chi connectivity index (χ1) is 22.6. The largest absolute Gasteiger partial charge is 0.534 e. The van der Waals surface area contributed by atoms with E-state index in [1.54, 1.807) is 0 Å². The Morgan fingerprint density at radius 2 is 1.06 bits per heavy atom. The van der Waals surface area contributed by atoms with Gasteiger partial charge in [-0.3, -0.25) is 33.6 Å². The van der Waals surface area contributed by atoms with Gasteiger partial charge in [0, 0.05) is 58.0 Å². The van der Waals surface area contributed by atoms with Crippen LogP contribution in [0.4, 0.5) is 9.59 Å². The molecule has 0 aliphatic carbocycles. The van der Waals surface area contributed by atoms with E-state index in [4.69, 9.17) is 28.4 Å². The third-order valence-corrected chi connectivity index (χ3v) is 7.12. The number of piperidine rings is 1. The maximum atomic E-state index is 11.7. The Bertz CT molecular complexity index is 1010. The van der Waals surface area contributed by atoms with Crippen LogP contribution in [0.3, 0.4) is 0 Å². The van der Waals surface area contributed by atoms with Crippen LogP contribution >= 0.6 is 0 Å². The van der Waals surface area contributed by atoms with Crippen molar-refractivity contribution in [2.45, 2.75) is 57.2 Å². The van der Waals surface area contributed by atoms with Gasteiger partial charge in [-0.25, -0.2) is 9.59 Å². The lowest BCUT2D eigenvalue weighted by Crippen LogP contribution is -2.49. The third-order valence-electron chi connectivity index (χ3n) is 7.12. The zero-order valence-corrected chi connectivity index (χ0v) is 26.3. The molecule has 3 fully saturated rings. The second-order valence-corrected chi connectivity index (χ2v) is 10.4. The van der Waals surface area contributed by atoms with E-state index < -0.39 is 41.7 Å². The molecule has 0 aromatic heterocycles. The SMILES string of the molecule is COC(=O)CCCN1CCC(OCCOCCOC(=O)ON2C(=O)CCC2=O)(OCCOCCOC(=O)ON2C(=O)CCC2=O)CC1. The fourth-order valence-electron chi connectivity index (χ4n) is 4.66. The predicted octanol–water partition coefficient (Wildman–Crippen LogP) is 0.233. The summed E-state index contributed by atoms with van der Waals surface area (Å²) in [6.45, 7) is 2.29. The Labute approximate surface area is 270 Å². The summed E-state index contributed by atoms with van der Waals surface area (Å²) < 4.78 is 37.4. The second kappa shape index (κ2) is 19.7. The molecule has 3 saturated heterocycles. The highest BCUT2D eigenvalue weighted by molar-refractivity contribution is 6.02.